The molecular weight excluding hydrogens is 248 g/mol. The van der Waals surface area contributed by atoms with Gasteiger partial charge in [0.15, 0.2) is 0 Å². The Hall–Kier alpha value is -1.06. The smallest absolute Gasteiger partial charge is 0.238 e. The lowest BCUT2D eigenvalue weighted by Crippen LogP contribution is -2.43. The quantitative estimate of drug-likeness (QED) is 0.830. The van der Waals surface area contributed by atoms with Gasteiger partial charge in [0, 0.05) is 5.54 Å². The monoisotopic (exact) mass is 268 g/mol. The summed E-state index contributed by atoms with van der Waals surface area (Å²) in [4.78, 5) is 11.8. The van der Waals surface area contributed by atoms with Crippen molar-refractivity contribution in [3.05, 3.63) is 29.3 Å². The van der Waals surface area contributed by atoms with Crippen molar-refractivity contribution in [2.75, 3.05) is 11.9 Å². The molecule has 1 amide bonds. The fourth-order valence-corrected chi connectivity index (χ4v) is 1.97. The van der Waals surface area contributed by atoms with Crippen molar-refractivity contribution < 1.29 is 4.79 Å². The number of halogens is 1. The van der Waals surface area contributed by atoms with Crippen molar-refractivity contribution in [1.82, 2.24) is 5.32 Å². The first-order valence-electron chi connectivity index (χ1n) is 6.24. The molecule has 0 spiro atoms. The molecule has 1 rings (SSSR count). The van der Waals surface area contributed by atoms with E-state index in [4.69, 9.17) is 11.6 Å². The summed E-state index contributed by atoms with van der Waals surface area (Å²) in [6, 6.07) is 7.22. The van der Waals surface area contributed by atoms with E-state index >= 15 is 0 Å². The third-order valence-corrected chi connectivity index (χ3v) is 3.08. The summed E-state index contributed by atoms with van der Waals surface area (Å²) in [6.45, 7) is 6.62. The topological polar surface area (TPSA) is 41.1 Å². The first-order valence-corrected chi connectivity index (χ1v) is 6.62. The van der Waals surface area contributed by atoms with E-state index in [9.17, 15) is 4.79 Å². The fourth-order valence-electron chi connectivity index (χ4n) is 1.79. The third kappa shape index (κ3) is 5.07. The molecule has 2 N–H and O–H groups in total. The molecule has 0 aliphatic rings. The van der Waals surface area contributed by atoms with Crippen molar-refractivity contribution in [3.63, 3.8) is 0 Å². The highest BCUT2D eigenvalue weighted by Crippen LogP contribution is 2.20. The molecule has 0 aliphatic carbocycles. The van der Waals surface area contributed by atoms with Gasteiger partial charge in [-0.15, -0.1) is 0 Å². The summed E-state index contributed by atoms with van der Waals surface area (Å²) in [6.07, 6.45) is 2.12. The average Bonchev–Trinajstić information content (AvgIpc) is 2.30. The van der Waals surface area contributed by atoms with E-state index in [1.165, 1.54) is 0 Å². The number of anilines is 1. The van der Waals surface area contributed by atoms with Crippen LogP contribution in [0, 0.1) is 0 Å². The van der Waals surface area contributed by atoms with Crippen LogP contribution in [0.1, 0.15) is 33.6 Å². The van der Waals surface area contributed by atoms with Crippen molar-refractivity contribution in [2.45, 2.75) is 39.2 Å². The van der Waals surface area contributed by atoms with Gasteiger partial charge in [-0.25, -0.2) is 0 Å². The number of benzene rings is 1. The van der Waals surface area contributed by atoms with Gasteiger partial charge in [0.25, 0.3) is 0 Å². The number of amides is 1. The van der Waals surface area contributed by atoms with Crippen LogP contribution < -0.4 is 10.6 Å². The minimum atomic E-state index is -0.0766. The van der Waals surface area contributed by atoms with Crippen LogP contribution in [-0.2, 0) is 4.79 Å². The first kappa shape index (κ1) is 15.0. The minimum absolute atomic E-state index is 0.0213. The molecule has 0 heterocycles. The van der Waals surface area contributed by atoms with Crippen molar-refractivity contribution in [1.29, 1.82) is 0 Å². The van der Waals surface area contributed by atoms with Crippen LogP contribution in [0.25, 0.3) is 0 Å². The highest BCUT2D eigenvalue weighted by atomic mass is 35.5. The standard InChI is InChI=1S/C14H21ClN2O/c1-4-9-14(2,3)16-10-13(18)17-12-8-6-5-7-11(12)15/h5-8,16H,4,9-10H2,1-3H3,(H,17,18). The Kier molecular flexibility index (Phi) is 5.63. The molecule has 0 saturated carbocycles. The van der Waals surface area contributed by atoms with Crippen molar-refractivity contribution in [2.24, 2.45) is 0 Å². The minimum Gasteiger partial charge on any atom is -0.324 e. The molecule has 1 aromatic rings. The Labute approximate surface area is 114 Å². The van der Waals surface area contributed by atoms with Gasteiger partial charge in [0.05, 0.1) is 17.3 Å². The fraction of sp³-hybridized carbons (Fsp3) is 0.500. The average molecular weight is 269 g/mol. The predicted octanol–water partition coefficient (Wildman–Crippen LogP) is 3.45. The van der Waals surface area contributed by atoms with Crippen LogP contribution in [0.5, 0.6) is 0 Å². The molecule has 0 aromatic heterocycles. The zero-order valence-corrected chi connectivity index (χ0v) is 12.0. The maximum absolute atomic E-state index is 11.8. The summed E-state index contributed by atoms with van der Waals surface area (Å²) in [7, 11) is 0. The Morgan fingerprint density at radius 2 is 2.00 bits per heavy atom. The number of para-hydroxylation sites is 1. The van der Waals surface area contributed by atoms with Crippen LogP contribution >= 0.6 is 11.6 Å². The highest BCUT2D eigenvalue weighted by molar-refractivity contribution is 6.33. The van der Waals surface area contributed by atoms with Crippen LogP contribution in [0.2, 0.25) is 5.02 Å². The van der Waals surface area contributed by atoms with Gasteiger partial charge in [-0.3, -0.25) is 4.79 Å². The number of carbonyl (C=O) groups excluding carboxylic acids is 1. The number of nitrogens with one attached hydrogen (secondary N) is 2. The Bertz CT molecular complexity index is 405. The summed E-state index contributed by atoms with van der Waals surface area (Å²) in [5.41, 5.74) is 0.631. The van der Waals surface area contributed by atoms with E-state index in [0.717, 1.165) is 12.8 Å². The largest absolute Gasteiger partial charge is 0.324 e. The van der Waals surface area contributed by atoms with E-state index in [1.54, 1.807) is 12.1 Å². The second kappa shape index (κ2) is 6.76. The van der Waals surface area contributed by atoms with Gasteiger partial charge in [0.1, 0.15) is 0 Å². The lowest BCUT2D eigenvalue weighted by atomic mass is 9.99. The zero-order chi connectivity index (χ0) is 13.6. The van der Waals surface area contributed by atoms with E-state index in [1.807, 2.05) is 12.1 Å². The maximum Gasteiger partial charge on any atom is 0.238 e. The van der Waals surface area contributed by atoms with Gasteiger partial charge in [-0.2, -0.15) is 0 Å². The summed E-state index contributed by atoms with van der Waals surface area (Å²) in [5.74, 6) is -0.0766. The van der Waals surface area contributed by atoms with Crippen LogP contribution in [0.15, 0.2) is 24.3 Å². The van der Waals surface area contributed by atoms with E-state index in [-0.39, 0.29) is 18.0 Å². The molecule has 3 nitrogen and oxygen atoms in total. The zero-order valence-electron chi connectivity index (χ0n) is 11.2. The number of hydrogen-bond acceptors (Lipinski definition) is 2. The summed E-state index contributed by atoms with van der Waals surface area (Å²) < 4.78 is 0. The van der Waals surface area contributed by atoms with Gasteiger partial charge in [0.2, 0.25) is 5.91 Å². The molecule has 0 atom stereocenters. The molecule has 0 saturated heterocycles. The summed E-state index contributed by atoms with van der Waals surface area (Å²) in [5, 5.41) is 6.59. The molecule has 18 heavy (non-hydrogen) atoms. The Morgan fingerprint density at radius 3 is 2.61 bits per heavy atom. The van der Waals surface area contributed by atoms with Crippen LogP contribution in [0.3, 0.4) is 0 Å². The van der Waals surface area contributed by atoms with Crippen molar-refractivity contribution >= 4 is 23.2 Å². The van der Waals surface area contributed by atoms with Gasteiger partial charge < -0.3 is 10.6 Å². The number of hydrogen-bond donors (Lipinski definition) is 2. The van der Waals surface area contributed by atoms with E-state index in [0.29, 0.717) is 10.7 Å². The molecule has 0 aliphatic heterocycles. The summed E-state index contributed by atoms with van der Waals surface area (Å²) >= 11 is 5.97. The van der Waals surface area contributed by atoms with Gasteiger partial charge >= 0.3 is 0 Å². The number of rotatable bonds is 6. The lowest BCUT2D eigenvalue weighted by Gasteiger charge is -2.25. The second-order valence-corrected chi connectivity index (χ2v) is 5.42. The van der Waals surface area contributed by atoms with Crippen LogP contribution in [0.4, 0.5) is 5.69 Å². The predicted molar refractivity (Wildman–Crippen MR) is 77.1 cm³/mol. The maximum atomic E-state index is 11.8. The van der Waals surface area contributed by atoms with E-state index in [2.05, 4.69) is 31.4 Å². The van der Waals surface area contributed by atoms with Crippen LogP contribution in [-0.4, -0.2) is 18.0 Å². The number of carbonyl (C=O) groups is 1. The normalized spacial score (nSPS) is 11.3. The molecule has 0 radical (unpaired) electrons. The van der Waals surface area contributed by atoms with Crippen molar-refractivity contribution in [3.8, 4) is 0 Å². The Morgan fingerprint density at radius 1 is 1.33 bits per heavy atom. The lowest BCUT2D eigenvalue weighted by molar-refractivity contribution is -0.115. The van der Waals surface area contributed by atoms with E-state index < -0.39 is 0 Å². The molecule has 0 bridgehead atoms. The SMILES string of the molecule is CCCC(C)(C)NCC(=O)Nc1ccccc1Cl. The molecule has 4 heteroatoms. The molecular formula is C14H21ClN2O. The highest BCUT2D eigenvalue weighted by Gasteiger charge is 2.17. The Balaban J connectivity index is 2.46. The van der Waals surface area contributed by atoms with Gasteiger partial charge in [-0.1, -0.05) is 37.1 Å². The van der Waals surface area contributed by atoms with Gasteiger partial charge in [-0.05, 0) is 32.4 Å². The second-order valence-electron chi connectivity index (χ2n) is 5.02. The third-order valence-electron chi connectivity index (χ3n) is 2.75. The molecule has 100 valence electrons. The first-order chi connectivity index (χ1) is 8.44. The molecule has 0 unspecified atom stereocenters. The molecule has 0 fully saturated rings. The molecule has 1 aromatic carbocycles.